The van der Waals surface area contributed by atoms with Crippen molar-refractivity contribution in [3.05, 3.63) is 122 Å². The van der Waals surface area contributed by atoms with Gasteiger partial charge in [-0.3, -0.25) is 14.2 Å². The van der Waals surface area contributed by atoms with Crippen LogP contribution in [-0.4, -0.2) is 33.4 Å². The van der Waals surface area contributed by atoms with Gasteiger partial charge in [-0.1, -0.05) is 48.5 Å². The standard InChI is InChI=1S/C35H33N5O2S/c41-32(26-8-2-1-3-9-26)30-20-27-21-37-35(38-28-12-10-23(11-13-28)24-14-17-36-18-15-24)39-33(27)40(34(30)42)22-31-29(16-19-43-31)25-6-4-5-7-25/h1-3,6,8-13,16,19-21,24,36H,4-5,7,14-15,17-18,22H2,(H,37,38,39). The second-order valence-corrected chi connectivity index (χ2v) is 12.3. The van der Waals surface area contributed by atoms with E-state index in [4.69, 9.17) is 4.98 Å². The lowest BCUT2D eigenvalue weighted by atomic mass is 9.90. The average Bonchev–Trinajstić information content (AvgIpc) is 3.76. The zero-order valence-corrected chi connectivity index (χ0v) is 24.7. The molecular weight excluding hydrogens is 554 g/mol. The summed E-state index contributed by atoms with van der Waals surface area (Å²) in [4.78, 5) is 38.1. The highest BCUT2D eigenvalue weighted by molar-refractivity contribution is 7.10. The van der Waals surface area contributed by atoms with Gasteiger partial charge in [-0.25, -0.2) is 4.98 Å². The summed E-state index contributed by atoms with van der Waals surface area (Å²) >= 11 is 1.63. The normalized spacial score (nSPS) is 15.5. The van der Waals surface area contributed by atoms with Crippen molar-refractivity contribution in [2.75, 3.05) is 18.4 Å². The van der Waals surface area contributed by atoms with Crippen molar-refractivity contribution >= 4 is 45.4 Å². The summed E-state index contributed by atoms with van der Waals surface area (Å²) in [5, 5.41) is 9.47. The monoisotopic (exact) mass is 587 g/mol. The molecule has 0 amide bonds. The average molecular weight is 588 g/mol. The number of nitrogens with one attached hydrogen (secondary N) is 2. The van der Waals surface area contributed by atoms with Gasteiger partial charge in [0, 0.05) is 27.7 Å². The number of anilines is 2. The first-order chi connectivity index (χ1) is 21.1. The molecule has 2 aromatic carbocycles. The van der Waals surface area contributed by atoms with Crippen molar-refractivity contribution in [1.82, 2.24) is 19.9 Å². The van der Waals surface area contributed by atoms with Gasteiger partial charge in [0.2, 0.25) is 5.95 Å². The van der Waals surface area contributed by atoms with Gasteiger partial charge in [0.25, 0.3) is 5.56 Å². The number of ketones is 1. The van der Waals surface area contributed by atoms with Crippen molar-refractivity contribution in [1.29, 1.82) is 0 Å². The lowest BCUT2D eigenvalue weighted by molar-refractivity contribution is 0.103. The molecule has 0 saturated carbocycles. The molecule has 7 rings (SSSR count). The Morgan fingerprint density at radius 2 is 1.86 bits per heavy atom. The summed E-state index contributed by atoms with van der Waals surface area (Å²) in [5.74, 6) is 0.682. The molecule has 1 fully saturated rings. The second kappa shape index (κ2) is 12.1. The van der Waals surface area contributed by atoms with Gasteiger partial charge >= 0.3 is 0 Å². The largest absolute Gasteiger partial charge is 0.324 e. The van der Waals surface area contributed by atoms with Crippen LogP contribution in [0.5, 0.6) is 0 Å². The lowest BCUT2D eigenvalue weighted by Gasteiger charge is -2.23. The van der Waals surface area contributed by atoms with Crippen molar-refractivity contribution in [2.24, 2.45) is 0 Å². The fraction of sp³-hybridized carbons (Fsp3) is 0.257. The minimum Gasteiger partial charge on any atom is -0.324 e. The fourth-order valence-electron chi connectivity index (χ4n) is 6.20. The molecule has 2 aliphatic rings. The van der Waals surface area contributed by atoms with E-state index in [2.05, 4.69) is 57.4 Å². The number of fused-ring (bicyclic) bond motifs is 1. The summed E-state index contributed by atoms with van der Waals surface area (Å²) in [5.41, 5.74) is 5.49. The molecule has 1 aliphatic heterocycles. The number of aromatic nitrogens is 3. The first kappa shape index (κ1) is 27.4. The molecule has 43 heavy (non-hydrogen) atoms. The summed E-state index contributed by atoms with van der Waals surface area (Å²) in [6.07, 6.45) is 9.55. The van der Waals surface area contributed by atoms with Crippen LogP contribution in [0, 0.1) is 0 Å². The number of carbonyl (C=O) groups is 1. The van der Waals surface area contributed by atoms with Crippen LogP contribution in [0.15, 0.2) is 89.2 Å². The summed E-state index contributed by atoms with van der Waals surface area (Å²) in [6.45, 7) is 2.44. The second-order valence-electron chi connectivity index (χ2n) is 11.3. The maximum atomic E-state index is 14.1. The minimum atomic E-state index is -0.350. The first-order valence-electron chi connectivity index (χ1n) is 15.0. The summed E-state index contributed by atoms with van der Waals surface area (Å²) in [6, 6.07) is 21.2. The number of carbonyl (C=O) groups excluding carboxylic acids is 1. The predicted octanol–water partition coefficient (Wildman–Crippen LogP) is 6.91. The van der Waals surface area contributed by atoms with E-state index in [1.165, 1.54) is 16.7 Å². The van der Waals surface area contributed by atoms with Crippen LogP contribution in [0.2, 0.25) is 0 Å². The quantitative estimate of drug-likeness (QED) is 0.192. The fourth-order valence-corrected chi connectivity index (χ4v) is 7.10. The molecule has 4 heterocycles. The van der Waals surface area contributed by atoms with E-state index >= 15 is 0 Å². The van der Waals surface area contributed by atoms with Gasteiger partial charge in [-0.05, 0) is 97.5 Å². The molecule has 0 radical (unpaired) electrons. The van der Waals surface area contributed by atoms with E-state index in [1.807, 2.05) is 6.07 Å². The topological polar surface area (TPSA) is 88.9 Å². The molecule has 2 N–H and O–H groups in total. The van der Waals surface area contributed by atoms with Crippen LogP contribution in [0.1, 0.15) is 69.9 Å². The lowest BCUT2D eigenvalue weighted by Crippen LogP contribution is -2.28. The van der Waals surface area contributed by atoms with E-state index in [1.54, 1.807) is 52.4 Å². The molecule has 0 spiro atoms. The van der Waals surface area contributed by atoms with Gasteiger partial charge in [-0.15, -0.1) is 11.3 Å². The molecule has 1 saturated heterocycles. The van der Waals surface area contributed by atoms with Crippen molar-refractivity contribution in [3.8, 4) is 0 Å². The molecule has 3 aromatic heterocycles. The number of benzene rings is 2. The van der Waals surface area contributed by atoms with Crippen molar-refractivity contribution in [3.63, 3.8) is 0 Å². The summed E-state index contributed by atoms with van der Waals surface area (Å²) < 4.78 is 1.64. The van der Waals surface area contributed by atoms with E-state index in [-0.39, 0.29) is 16.9 Å². The van der Waals surface area contributed by atoms with Gasteiger partial charge in [0.15, 0.2) is 5.78 Å². The molecule has 0 unspecified atom stereocenters. The molecule has 0 bridgehead atoms. The van der Waals surface area contributed by atoms with Crippen LogP contribution < -0.4 is 16.2 Å². The highest BCUT2D eigenvalue weighted by atomic mass is 32.1. The SMILES string of the molecule is O=C(c1ccccc1)c1cc2cnc(Nc3ccc(C4CCNCC4)cc3)nc2n(Cc2sccc2C2=CCCC2)c1=O. The smallest absolute Gasteiger partial charge is 0.263 e. The Kier molecular flexibility index (Phi) is 7.70. The Bertz CT molecular complexity index is 1870. The number of pyridine rings is 1. The van der Waals surface area contributed by atoms with Gasteiger partial charge in [0.05, 0.1) is 12.1 Å². The van der Waals surface area contributed by atoms with Crippen LogP contribution in [-0.2, 0) is 6.54 Å². The minimum absolute atomic E-state index is 0.120. The van der Waals surface area contributed by atoms with Crippen molar-refractivity contribution < 1.29 is 4.79 Å². The van der Waals surface area contributed by atoms with E-state index < -0.39 is 0 Å². The summed E-state index contributed by atoms with van der Waals surface area (Å²) in [7, 11) is 0. The molecule has 216 valence electrons. The number of hydrogen-bond acceptors (Lipinski definition) is 7. The number of piperidine rings is 1. The zero-order valence-electron chi connectivity index (χ0n) is 23.9. The van der Waals surface area contributed by atoms with E-state index in [0.29, 0.717) is 35.0 Å². The van der Waals surface area contributed by atoms with Gasteiger partial charge < -0.3 is 10.6 Å². The molecule has 5 aromatic rings. The number of thiophene rings is 1. The Hall–Kier alpha value is -4.40. The zero-order chi connectivity index (χ0) is 29.2. The third-order valence-corrected chi connectivity index (χ3v) is 9.42. The molecule has 0 atom stereocenters. The molecular formula is C35H33N5O2S. The van der Waals surface area contributed by atoms with Crippen LogP contribution in [0.4, 0.5) is 11.6 Å². The maximum absolute atomic E-state index is 14.1. The predicted molar refractivity (Wildman–Crippen MR) is 173 cm³/mol. The van der Waals surface area contributed by atoms with E-state index in [0.717, 1.165) is 55.8 Å². The van der Waals surface area contributed by atoms with Gasteiger partial charge in [0.1, 0.15) is 5.65 Å². The number of allylic oxidation sites excluding steroid dienone is 2. The van der Waals surface area contributed by atoms with Gasteiger partial charge in [-0.2, -0.15) is 4.98 Å². The Labute approximate surface area is 254 Å². The number of rotatable bonds is 8. The van der Waals surface area contributed by atoms with Crippen LogP contribution >= 0.6 is 11.3 Å². The van der Waals surface area contributed by atoms with Crippen molar-refractivity contribution in [2.45, 2.75) is 44.6 Å². The third kappa shape index (κ3) is 5.68. The number of hydrogen-bond donors (Lipinski definition) is 2. The highest BCUT2D eigenvalue weighted by Crippen LogP contribution is 2.33. The van der Waals surface area contributed by atoms with Crippen LogP contribution in [0.3, 0.4) is 0 Å². The molecule has 1 aliphatic carbocycles. The maximum Gasteiger partial charge on any atom is 0.263 e. The Balaban J connectivity index is 1.27. The Morgan fingerprint density at radius 3 is 2.63 bits per heavy atom. The van der Waals surface area contributed by atoms with E-state index in [9.17, 15) is 9.59 Å². The third-order valence-electron chi connectivity index (χ3n) is 8.52. The highest BCUT2D eigenvalue weighted by Gasteiger charge is 2.21. The molecule has 7 nitrogen and oxygen atoms in total. The Morgan fingerprint density at radius 1 is 1.05 bits per heavy atom. The van der Waals surface area contributed by atoms with Crippen LogP contribution in [0.25, 0.3) is 16.6 Å². The molecule has 8 heteroatoms. The first-order valence-corrected chi connectivity index (χ1v) is 15.9. The number of nitrogens with zero attached hydrogens (tertiary/aromatic N) is 3.